The number of imidazole rings is 1. The molecule has 0 aliphatic rings. The standard InChI is InChI=1S/C22H28N4O/c1-21(2,3)15-12-14(13-16(19(15)27)22(4,5)6)24-25-20-23-17-10-8-9-11-18(17)26(20)7/h8-13,27H,1-7H3. The molecule has 1 aromatic heterocycles. The van der Waals surface area contributed by atoms with E-state index in [1.165, 1.54) is 0 Å². The van der Waals surface area contributed by atoms with Gasteiger partial charge < -0.3 is 9.67 Å². The van der Waals surface area contributed by atoms with Gasteiger partial charge in [-0.25, -0.2) is 4.98 Å². The second-order valence-electron chi connectivity index (χ2n) is 9.05. The Morgan fingerprint density at radius 2 is 1.44 bits per heavy atom. The van der Waals surface area contributed by atoms with Crippen LogP contribution in [0.3, 0.4) is 0 Å². The van der Waals surface area contributed by atoms with Crippen molar-refractivity contribution in [2.45, 2.75) is 52.4 Å². The van der Waals surface area contributed by atoms with Crippen LogP contribution >= 0.6 is 0 Å². The first kappa shape index (κ1) is 19.1. The van der Waals surface area contributed by atoms with E-state index in [-0.39, 0.29) is 10.8 Å². The first-order chi connectivity index (χ1) is 12.5. The third-order valence-electron chi connectivity index (χ3n) is 4.73. The van der Waals surface area contributed by atoms with Crippen molar-refractivity contribution >= 4 is 22.7 Å². The summed E-state index contributed by atoms with van der Waals surface area (Å²) in [6.07, 6.45) is 0. The van der Waals surface area contributed by atoms with E-state index in [2.05, 4.69) is 56.8 Å². The fourth-order valence-electron chi connectivity index (χ4n) is 3.15. The molecule has 0 atom stereocenters. The summed E-state index contributed by atoms with van der Waals surface area (Å²) < 4.78 is 1.93. The highest BCUT2D eigenvalue weighted by Gasteiger charge is 2.26. The first-order valence-corrected chi connectivity index (χ1v) is 9.19. The Hall–Kier alpha value is -2.69. The number of benzene rings is 2. The second kappa shape index (κ2) is 6.48. The number of azo groups is 1. The lowest BCUT2D eigenvalue weighted by molar-refractivity contribution is 0.423. The SMILES string of the molecule is Cn1c(N=Nc2cc(C(C)(C)C)c(O)c(C(C)(C)C)c2)nc2ccccc21. The van der Waals surface area contributed by atoms with Crippen LogP contribution in [0, 0.1) is 0 Å². The van der Waals surface area contributed by atoms with Crippen molar-refractivity contribution in [3.05, 3.63) is 47.5 Å². The minimum absolute atomic E-state index is 0.201. The van der Waals surface area contributed by atoms with Crippen LogP contribution in [0.1, 0.15) is 52.7 Å². The molecule has 5 heteroatoms. The Labute approximate surface area is 160 Å². The van der Waals surface area contributed by atoms with Gasteiger partial charge in [0, 0.05) is 18.2 Å². The van der Waals surface area contributed by atoms with Crippen molar-refractivity contribution in [1.29, 1.82) is 0 Å². The maximum atomic E-state index is 10.8. The predicted molar refractivity (Wildman–Crippen MR) is 110 cm³/mol. The van der Waals surface area contributed by atoms with Gasteiger partial charge in [-0.05, 0) is 35.1 Å². The molecule has 0 unspecified atom stereocenters. The van der Waals surface area contributed by atoms with Crippen LogP contribution in [-0.2, 0) is 17.9 Å². The molecular weight excluding hydrogens is 336 g/mol. The molecule has 0 bridgehead atoms. The number of para-hydroxylation sites is 2. The minimum Gasteiger partial charge on any atom is -0.507 e. The minimum atomic E-state index is -0.201. The number of hydrogen-bond donors (Lipinski definition) is 1. The van der Waals surface area contributed by atoms with E-state index in [4.69, 9.17) is 0 Å². The highest BCUT2D eigenvalue weighted by molar-refractivity contribution is 5.77. The van der Waals surface area contributed by atoms with E-state index in [0.29, 0.717) is 11.7 Å². The smallest absolute Gasteiger partial charge is 0.250 e. The van der Waals surface area contributed by atoms with Gasteiger partial charge in [-0.1, -0.05) is 53.7 Å². The van der Waals surface area contributed by atoms with Gasteiger partial charge in [-0.2, -0.15) is 0 Å². The maximum absolute atomic E-state index is 10.8. The molecule has 0 amide bonds. The molecule has 3 rings (SSSR count). The van der Waals surface area contributed by atoms with Crippen LogP contribution in [0.2, 0.25) is 0 Å². The fraction of sp³-hybridized carbons (Fsp3) is 0.409. The maximum Gasteiger partial charge on any atom is 0.250 e. The summed E-state index contributed by atoms with van der Waals surface area (Å²) in [4.78, 5) is 4.54. The summed E-state index contributed by atoms with van der Waals surface area (Å²) >= 11 is 0. The lowest BCUT2D eigenvalue weighted by Gasteiger charge is -2.27. The van der Waals surface area contributed by atoms with E-state index in [9.17, 15) is 5.11 Å². The van der Waals surface area contributed by atoms with Gasteiger partial charge in [0.15, 0.2) is 0 Å². The summed E-state index contributed by atoms with van der Waals surface area (Å²) in [6.45, 7) is 12.5. The number of phenols is 1. The topological polar surface area (TPSA) is 62.8 Å². The number of fused-ring (bicyclic) bond motifs is 1. The zero-order valence-corrected chi connectivity index (χ0v) is 17.2. The monoisotopic (exact) mass is 364 g/mol. The first-order valence-electron chi connectivity index (χ1n) is 9.19. The zero-order valence-electron chi connectivity index (χ0n) is 17.2. The normalized spacial score (nSPS) is 13.0. The third-order valence-corrected chi connectivity index (χ3v) is 4.73. The number of aromatic nitrogens is 2. The number of phenolic OH excluding ortho intramolecular Hbond substituents is 1. The van der Waals surface area contributed by atoms with Gasteiger partial charge in [-0.3, -0.25) is 0 Å². The van der Waals surface area contributed by atoms with Gasteiger partial charge in [0.05, 0.1) is 16.7 Å². The van der Waals surface area contributed by atoms with E-state index < -0.39 is 0 Å². The summed E-state index contributed by atoms with van der Waals surface area (Å²) in [6, 6.07) is 11.7. The fourth-order valence-corrected chi connectivity index (χ4v) is 3.15. The molecule has 1 N–H and O–H groups in total. The van der Waals surface area contributed by atoms with Crippen LogP contribution < -0.4 is 0 Å². The molecule has 3 aromatic rings. The van der Waals surface area contributed by atoms with E-state index in [0.717, 1.165) is 27.8 Å². The van der Waals surface area contributed by atoms with Crippen LogP contribution in [0.5, 0.6) is 5.75 Å². The zero-order chi connectivity index (χ0) is 20.0. The largest absolute Gasteiger partial charge is 0.507 e. The number of nitrogens with zero attached hydrogens (tertiary/aromatic N) is 4. The molecule has 2 aromatic carbocycles. The highest BCUT2D eigenvalue weighted by atomic mass is 16.3. The molecule has 0 aliphatic heterocycles. The Morgan fingerprint density at radius 1 is 0.889 bits per heavy atom. The Kier molecular flexibility index (Phi) is 4.58. The number of aryl methyl sites for hydroxylation is 1. The molecule has 0 saturated heterocycles. The van der Waals surface area contributed by atoms with E-state index >= 15 is 0 Å². The molecular formula is C22H28N4O. The average Bonchev–Trinajstić information content (AvgIpc) is 2.88. The molecule has 0 radical (unpaired) electrons. The van der Waals surface area contributed by atoms with E-state index in [1.807, 2.05) is 48.0 Å². The van der Waals surface area contributed by atoms with Gasteiger partial charge in [-0.15, -0.1) is 10.2 Å². The lowest BCUT2D eigenvalue weighted by Crippen LogP contribution is -2.16. The molecule has 5 nitrogen and oxygen atoms in total. The molecule has 0 spiro atoms. The summed E-state index contributed by atoms with van der Waals surface area (Å²) in [5.41, 5.74) is 3.96. The molecule has 1 heterocycles. The molecule has 0 aliphatic carbocycles. The van der Waals surface area contributed by atoms with Crippen LogP contribution in [0.25, 0.3) is 11.0 Å². The summed E-state index contributed by atoms with van der Waals surface area (Å²) in [7, 11) is 1.93. The average molecular weight is 364 g/mol. The Balaban J connectivity index is 2.10. The Bertz CT molecular complexity index is 982. The van der Waals surface area contributed by atoms with Crippen molar-refractivity contribution in [2.24, 2.45) is 17.3 Å². The third kappa shape index (κ3) is 3.72. The van der Waals surface area contributed by atoms with Crippen LogP contribution in [0.4, 0.5) is 11.6 Å². The van der Waals surface area contributed by atoms with Crippen molar-refractivity contribution in [1.82, 2.24) is 9.55 Å². The molecule has 27 heavy (non-hydrogen) atoms. The Morgan fingerprint density at radius 3 is 1.96 bits per heavy atom. The van der Waals surface area contributed by atoms with Gasteiger partial charge in [0.1, 0.15) is 5.75 Å². The molecule has 0 fully saturated rings. The quantitative estimate of drug-likeness (QED) is 0.543. The number of hydrogen-bond acceptors (Lipinski definition) is 4. The van der Waals surface area contributed by atoms with Crippen molar-refractivity contribution < 1.29 is 5.11 Å². The van der Waals surface area contributed by atoms with Crippen molar-refractivity contribution in [3.63, 3.8) is 0 Å². The van der Waals surface area contributed by atoms with Crippen LogP contribution in [0.15, 0.2) is 46.6 Å². The molecule has 142 valence electrons. The van der Waals surface area contributed by atoms with Crippen molar-refractivity contribution in [3.8, 4) is 5.75 Å². The lowest BCUT2D eigenvalue weighted by atomic mass is 9.79. The number of aromatic hydroxyl groups is 1. The van der Waals surface area contributed by atoms with E-state index in [1.54, 1.807) is 0 Å². The van der Waals surface area contributed by atoms with Crippen LogP contribution in [-0.4, -0.2) is 14.7 Å². The summed E-state index contributed by atoms with van der Waals surface area (Å²) in [5, 5.41) is 19.7. The van der Waals surface area contributed by atoms with Gasteiger partial charge in [0.2, 0.25) is 5.95 Å². The second-order valence-corrected chi connectivity index (χ2v) is 9.05. The molecule has 0 saturated carbocycles. The predicted octanol–water partition coefficient (Wildman–Crippen LogP) is 6.29. The van der Waals surface area contributed by atoms with Gasteiger partial charge in [0.25, 0.3) is 0 Å². The number of rotatable bonds is 2. The highest BCUT2D eigenvalue weighted by Crippen LogP contribution is 2.42. The summed E-state index contributed by atoms with van der Waals surface area (Å²) in [5.74, 6) is 0.899. The van der Waals surface area contributed by atoms with Crippen molar-refractivity contribution in [2.75, 3.05) is 0 Å². The van der Waals surface area contributed by atoms with Gasteiger partial charge >= 0.3 is 0 Å².